The summed E-state index contributed by atoms with van der Waals surface area (Å²) in [6, 6.07) is 12.0. The fraction of sp³-hybridized carbons (Fsp3) is 0.238. The number of carboxylic acids is 1. The first kappa shape index (κ1) is 20.0. The first-order valence-electron chi connectivity index (χ1n) is 8.67. The molecule has 0 spiro atoms. The lowest BCUT2D eigenvalue weighted by atomic mass is 10.1. The second-order valence-corrected chi connectivity index (χ2v) is 5.76. The molecule has 27 heavy (non-hydrogen) atoms. The average molecular weight is 369 g/mol. The van der Waals surface area contributed by atoms with Crippen molar-refractivity contribution in [2.24, 2.45) is 0 Å². The standard InChI is InChI=1S/C21H23NO5/c1-4-26-18-11-8-15(13-19(18)27-5-2)12-17(21(24)25)22-20(23)16-9-6-14(3)7-10-16/h6-13H,4-5H2,1-3H3,(H,22,23)(H,24,25)/b17-12-. The maximum absolute atomic E-state index is 12.3. The largest absolute Gasteiger partial charge is 0.490 e. The molecule has 0 unspecified atom stereocenters. The van der Waals surface area contributed by atoms with E-state index < -0.39 is 11.9 Å². The zero-order valence-corrected chi connectivity index (χ0v) is 15.6. The fourth-order valence-electron chi connectivity index (χ4n) is 2.37. The van der Waals surface area contributed by atoms with Crippen LogP contribution in [0.4, 0.5) is 0 Å². The van der Waals surface area contributed by atoms with Crippen LogP contribution in [-0.4, -0.2) is 30.2 Å². The van der Waals surface area contributed by atoms with Crippen LogP contribution in [0.15, 0.2) is 48.2 Å². The Morgan fingerprint density at radius 2 is 1.63 bits per heavy atom. The summed E-state index contributed by atoms with van der Waals surface area (Å²) in [5.74, 6) is -0.623. The minimum atomic E-state index is -1.23. The van der Waals surface area contributed by atoms with Gasteiger partial charge in [-0.2, -0.15) is 0 Å². The molecule has 0 heterocycles. The van der Waals surface area contributed by atoms with Gasteiger partial charge in [-0.15, -0.1) is 0 Å². The summed E-state index contributed by atoms with van der Waals surface area (Å²) in [5, 5.41) is 11.9. The fourth-order valence-corrected chi connectivity index (χ4v) is 2.37. The maximum atomic E-state index is 12.3. The van der Waals surface area contributed by atoms with Crippen molar-refractivity contribution in [1.29, 1.82) is 0 Å². The number of carbonyl (C=O) groups is 2. The van der Waals surface area contributed by atoms with E-state index in [1.165, 1.54) is 6.08 Å². The van der Waals surface area contributed by atoms with Gasteiger partial charge < -0.3 is 19.9 Å². The summed E-state index contributed by atoms with van der Waals surface area (Å²) in [5.41, 5.74) is 1.74. The number of aryl methyl sites for hydroxylation is 1. The Labute approximate surface area is 158 Å². The van der Waals surface area contributed by atoms with Crippen LogP contribution >= 0.6 is 0 Å². The molecule has 2 aromatic rings. The highest BCUT2D eigenvalue weighted by Crippen LogP contribution is 2.29. The number of amides is 1. The van der Waals surface area contributed by atoms with Gasteiger partial charge in [0.1, 0.15) is 5.70 Å². The molecule has 2 rings (SSSR count). The molecule has 0 aliphatic carbocycles. The van der Waals surface area contributed by atoms with E-state index in [1.807, 2.05) is 20.8 Å². The number of benzene rings is 2. The van der Waals surface area contributed by atoms with Gasteiger partial charge in [0.25, 0.3) is 5.91 Å². The van der Waals surface area contributed by atoms with Crippen LogP contribution in [0.3, 0.4) is 0 Å². The van der Waals surface area contributed by atoms with Crippen molar-refractivity contribution < 1.29 is 24.2 Å². The third-order valence-corrected chi connectivity index (χ3v) is 3.67. The molecule has 0 aromatic heterocycles. The quantitative estimate of drug-likeness (QED) is 0.694. The summed E-state index contributed by atoms with van der Waals surface area (Å²) in [6.07, 6.45) is 1.38. The van der Waals surface area contributed by atoms with Gasteiger partial charge in [0.2, 0.25) is 0 Å². The molecule has 2 aromatic carbocycles. The van der Waals surface area contributed by atoms with E-state index in [-0.39, 0.29) is 5.70 Å². The first-order chi connectivity index (χ1) is 12.9. The first-order valence-corrected chi connectivity index (χ1v) is 8.67. The molecular weight excluding hydrogens is 346 g/mol. The van der Waals surface area contributed by atoms with Crippen LogP contribution in [-0.2, 0) is 4.79 Å². The van der Waals surface area contributed by atoms with Crippen molar-refractivity contribution in [2.75, 3.05) is 13.2 Å². The van der Waals surface area contributed by atoms with Gasteiger partial charge in [0.05, 0.1) is 13.2 Å². The summed E-state index contributed by atoms with van der Waals surface area (Å²) in [4.78, 5) is 23.9. The van der Waals surface area contributed by atoms with Crippen LogP contribution in [0.25, 0.3) is 6.08 Å². The van der Waals surface area contributed by atoms with Crippen molar-refractivity contribution in [3.63, 3.8) is 0 Å². The predicted octanol–water partition coefficient (Wildman–Crippen LogP) is 3.65. The maximum Gasteiger partial charge on any atom is 0.352 e. The SMILES string of the molecule is CCOc1ccc(/C=C(\NC(=O)c2ccc(C)cc2)C(=O)O)cc1OCC. The Bertz CT molecular complexity index is 840. The zero-order valence-electron chi connectivity index (χ0n) is 15.6. The molecule has 2 N–H and O–H groups in total. The number of carboxylic acid groups (broad SMARTS) is 1. The Balaban J connectivity index is 2.28. The molecule has 6 nitrogen and oxygen atoms in total. The second-order valence-electron chi connectivity index (χ2n) is 5.76. The highest BCUT2D eigenvalue weighted by molar-refractivity contribution is 6.02. The molecule has 6 heteroatoms. The van der Waals surface area contributed by atoms with Gasteiger partial charge in [-0.25, -0.2) is 4.79 Å². The predicted molar refractivity (Wildman–Crippen MR) is 103 cm³/mol. The van der Waals surface area contributed by atoms with Gasteiger partial charge in [0.15, 0.2) is 11.5 Å². The van der Waals surface area contributed by atoms with Crippen molar-refractivity contribution in [1.82, 2.24) is 5.32 Å². The number of hydrogen-bond donors (Lipinski definition) is 2. The molecule has 0 aliphatic heterocycles. The van der Waals surface area contributed by atoms with E-state index in [1.54, 1.807) is 42.5 Å². The topological polar surface area (TPSA) is 84.9 Å². The van der Waals surface area contributed by atoms with Crippen LogP contribution in [0, 0.1) is 6.92 Å². The lowest BCUT2D eigenvalue weighted by Gasteiger charge is -2.12. The van der Waals surface area contributed by atoms with Crippen LogP contribution < -0.4 is 14.8 Å². The smallest absolute Gasteiger partial charge is 0.352 e. The van der Waals surface area contributed by atoms with Gasteiger partial charge in [0, 0.05) is 5.56 Å². The number of carbonyl (C=O) groups excluding carboxylic acids is 1. The lowest BCUT2D eigenvalue weighted by molar-refractivity contribution is -0.132. The molecule has 1 amide bonds. The summed E-state index contributed by atoms with van der Waals surface area (Å²) >= 11 is 0. The molecule has 0 atom stereocenters. The minimum absolute atomic E-state index is 0.229. The van der Waals surface area contributed by atoms with Crippen molar-refractivity contribution >= 4 is 18.0 Å². The Hall–Kier alpha value is -3.28. The molecule has 0 saturated heterocycles. The number of nitrogens with one attached hydrogen (secondary N) is 1. The van der Waals surface area contributed by atoms with E-state index in [2.05, 4.69) is 5.32 Å². The molecule has 0 saturated carbocycles. The lowest BCUT2D eigenvalue weighted by Crippen LogP contribution is -2.27. The highest BCUT2D eigenvalue weighted by Gasteiger charge is 2.14. The molecule has 0 bridgehead atoms. The van der Waals surface area contributed by atoms with E-state index in [4.69, 9.17) is 9.47 Å². The third kappa shape index (κ3) is 5.60. The third-order valence-electron chi connectivity index (χ3n) is 3.67. The monoisotopic (exact) mass is 369 g/mol. The van der Waals surface area contributed by atoms with Gasteiger partial charge >= 0.3 is 5.97 Å². The van der Waals surface area contributed by atoms with E-state index >= 15 is 0 Å². The minimum Gasteiger partial charge on any atom is -0.490 e. The van der Waals surface area contributed by atoms with Crippen LogP contribution in [0.5, 0.6) is 11.5 Å². The Kier molecular flexibility index (Phi) is 7.00. The molecule has 0 fully saturated rings. The van der Waals surface area contributed by atoms with Gasteiger partial charge in [-0.3, -0.25) is 4.79 Å². The zero-order chi connectivity index (χ0) is 19.8. The average Bonchev–Trinajstić information content (AvgIpc) is 2.64. The Morgan fingerprint density at radius 3 is 2.22 bits per heavy atom. The van der Waals surface area contributed by atoms with E-state index in [0.29, 0.717) is 35.8 Å². The van der Waals surface area contributed by atoms with Crippen molar-refractivity contribution in [2.45, 2.75) is 20.8 Å². The summed E-state index contributed by atoms with van der Waals surface area (Å²) in [7, 11) is 0. The molecule has 0 aliphatic rings. The number of rotatable bonds is 8. The van der Waals surface area contributed by atoms with Gasteiger partial charge in [-0.1, -0.05) is 23.8 Å². The van der Waals surface area contributed by atoms with Crippen molar-refractivity contribution in [3.05, 3.63) is 64.9 Å². The number of ether oxygens (including phenoxy) is 2. The van der Waals surface area contributed by atoms with Crippen molar-refractivity contribution in [3.8, 4) is 11.5 Å². The molecular formula is C21H23NO5. The van der Waals surface area contributed by atoms with Crippen LogP contribution in [0.2, 0.25) is 0 Å². The molecule has 0 radical (unpaired) electrons. The second kappa shape index (κ2) is 9.43. The molecule has 142 valence electrons. The summed E-state index contributed by atoms with van der Waals surface area (Å²) < 4.78 is 11.0. The highest BCUT2D eigenvalue weighted by atomic mass is 16.5. The van der Waals surface area contributed by atoms with E-state index in [0.717, 1.165) is 5.56 Å². The number of hydrogen-bond acceptors (Lipinski definition) is 4. The normalized spacial score (nSPS) is 11.0. The van der Waals surface area contributed by atoms with E-state index in [9.17, 15) is 14.7 Å². The van der Waals surface area contributed by atoms with Gasteiger partial charge in [-0.05, 0) is 56.7 Å². The Morgan fingerprint density at radius 1 is 1.00 bits per heavy atom. The summed E-state index contributed by atoms with van der Waals surface area (Å²) in [6.45, 7) is 6.56. The van der Waals surface area contributed by atoms with Crippen LogP contribution in [0.1, 0.15) is 35.3 Å². The number of aliphatic carboxylic acids is 1.